The fourth-order valence-electron chi connectivity index (χ4n) is 8.41. The van der Waals surface area contributed by atoms with E-state index in [0.29, 0.717) is 30.1 Å². The van der Waals surface area contributed by atoms with Gasteiger partial charge in [-0.1, -0.05) is 103 Å². The van der Waals surface area contributed by atoms with E-state index in [1.54, 1.807) is 7.11 Å². The molecule has 5 rings (SSSR count). The number of rotatable bonds is 18. The minimum Gasteiger partial charge on any atom is -0.493 e. The van der Waals surface area contributed by atoms with Gasteiger partial charge in [-0.2, -0.15) is 0 Å². The molecule has 1 fully saturated rings. The van der Waals surface area contributed by atoms with E-state index in [4.69, 9.17) is 14.2 Å². The van der Waals surface area contributed by atoms with Crippen molar-refractivity contribution in [2.24, 2.45) is 0 Å². The quantitative estimate of drug-likeness (QED) is 0.141. The molecule has 0 aromatic heterocycles. The Balaban J connectivity index is 1.06. The highest BCUT2D eigenvalue weighted by Crippen LogP contribution is 2.65. The molecule has 0 radical (unpaired) electrons. The summed E-state index contributed by atoms with van der Waals surface area (Å²) in [6.07, 6.45) is 23.3. The first-order valence-electron chi connectivity index (χ1n) is 17.2. The Morgan fingerprint density at radius 3 is 2.21 bits per heavy atom. The van der Waals surface area contributed by atoms with Gasteiger partial charge in [-0.05, 0) is 50.6 Å². The molecule has 1 aromatic carbocycles. The number of ether oxygens (including phenoxy) is 3. The molecule has 2 aliphatic heterocycles. The molecule has 6 heteroatoms. The number of unbranched alkanes of at least 4 members (excludes halogenated alkanes) is 14. The van der Waals surface area contributed by atoms with E-state index in [-0.39, 0.29) is 12.0 Å². The largest absolute Gasteiger partial charge is 0.493 e. The Morgan fingerprint density at radius 2 is 1.60 bits per heavy atom. The first-order chi connectivity index (χ1) is 20.5. The zero-order valence-electron chi connectivity index (χ0n) is 26.6. The highest BCUT2D eigenvalue weighted by molar-refractivity contribution is 5.72. The smallest absolute Gasteiger partial charge is 0.310 e. The van der Waals surface area contributed by atoms with Crippen LogP contribution in [-0.2, 0) is 21.4 Å². The summed E-state index contributed by atoms with van der Waals surface area (Å²) in [6.45, 7) is 3.14. The lowest BCUT2D eigenvalue weighted by atomic mass is 9.50. The van der Waals surface area contributed by atoms with Crippen molar-refractivity contribution < 1.29 is 24.1 Å². The number of hydrogen-bond donors (Lipinski definition) is 1. The van der Waals surface area contributed by atoms with Crippen LogP contribution >= 0.6 is 0 Å². The summed E-state index contributed by atoms with van der Waals surface area (Å²) >= 11 is 0. The van der Waals surface area contributed by atoms with Gasteiger partial charge in [-0.3, -0.25) is 4.79 Å². The van der Waals surface area contributed by atoms with Crippen LogP contribution < -0.4 is 9.47 Å². The molecule has 4 aliphatic rings. The summed E-state index contributed by atoms with van der Waals surface area (Å²) < 4.78 is 18.3. The summed E-state index contributed by atoms with van der Waals surface area (Å²) in [6, 6.07) is 4.09. The average molecular weight is 582 g/mol. The van der Waals surface area contributed by atoms with Gasteiger partial charge in [0.1, 0.15) is 5.76 Å². The first kappa shape index (κ1) is 31.4. The molecule has 6 nitrogen and oxygen atoms in total. The molecule has 1 saturated heterocycles. The summed E-state index contributed by atoms with van der Waals surface area (Å²) in [5.74, 6) is 1.78. The second-order valence-electron chi connectivity index (χ2n) is 13.5. The fraction of sp³-hybridized carbons (Fsp3) is 0.750. The van der Waals surface area contributed by atoms with E-state index in [0.717, 1.165) is 37.8 Å². The van der Waals surface area contributed by atoms with Crippen molar-refractivity contribution in [1.29, 1.82) is 0 Å². The van der Waals surface area contributed by atoms with Crippen LogP contribution in [0.5, 0.6) is 11.5 Å². The molecular weight excluding hydrogens is 526 g/mol. The maximum atomic E-state index is 13.0. The van der Waals surface area contributed by atoms with Crippen LogP contribution in [-0.4, -0.2) is 54.4 Å². The standard InChI is InChI=1S/C36H55NO5/c1-4-5-6-7-8-9-10-11-12-13-14-15-16-17-18-19-31(38)41-29-22-23-36(39)30-26-27-20-21-28(40-3)33-32(27)35(36,34(29)42-33)24-25-37(30)2/h20-22,30,34,39H,4-19,23-26H2,1-3H3/t30-,34+,35+,36-/m1/s1. The molecule has 1 N–H and O–H groups in total. The van der Waals surface area contributed by atoms with Crippen LogP contribution in [0, 0.1) is 0 Å². The number of likely N-dealkylation sites (N-methyl/N-ethyl adjacent to an activating group) is 1. The number of esters is 1. The van der Waals surface area contributed by atoms with Crippen LogP contribution in [0.15, 0.2) is 24.0 Å². The molecule has 2 heterocycles. The monoisotopic (exact) mass is 581 g/mol. The van der Waals surface area contributed by atoms with E-state index < -0.39 is 17.1 Å². The molecule has 2 aliphatic carbocycles. The number of nitrogens with zero attached hydrogens (tertiary/aromatic N) is 1. The van der Waals surface area contributed by atoms with Crippen LogP contribution in [0.25, 0.3) is 0 Å². The fourth-order valence-corrected chi connectivity index (χ4v) is 8.41. The van der Waals surface area contributed by atoms with Crippen LogP contribution in [0.4, 0.5) is 0 Å². The molecule has 234 valence electrons. The SMILES string of the molecule is CCCCCCCCCCCCCCCCCC(=O)OC1=CC[C@@]2(O)[C@H]3Cc4ccc(OC)c5c4[C@@]2(CCN3C)[C@H]1O5. The minimum absolute atomic E-state index is 0.00184. The molecule has 42 heavy (non-hydrogen) atoms. The van der Waals surface area contributed by atoms with Crippen molar-refractivity contribution in [2.45, 2.75) is 152 Å². The normalized spacial score (nSPS) is 27.3. The van der Waals surface area contributed by atoms with E-state index in [1.807, 2.05) is 12.1 Å². The van der Waals surface area contributed by atoms with Crippen molar-refractivity contribution in [3.05, 3.63) is 35.1 Å². The summed E-state index contributed by atoms with van der Waals surface area (Å²) in [7, 11) is 3.76. The highest BCUT2D eigenvalue weighted by Gasteiger charge is 2.72. The lowest BCUT2D eigenvalue weighted by Crippen LogP contribution is -2.74. The third-order valence-electron chi connectivity index (χ3n) is 10.8. The molecule has 4 atom stereocenters. The molecule has 0 saturated carbocycles. The summed E-state index contributed by atoms with van der Waals surface area (Å²) in [5.41, 5.74) is 0.683. The van der Waals surface area contributed by atoms with Crippen molar-refractivity contribution in [1.82, 2.24) is 4.90 Å². The Labute approximate surface area is 254 Å². The van der Waals surface area contributed by atoms with Gasteiger partial charge >= 0.3 is 5.97 Å². The summed E-state index contributed by atoms with van der Waals surface area (Å²) in [4.78, 5) is 15.3. The number of hydrogen-bond acceptors (Lipinski definition) is 6. The van der Waals surface area contributed by atoms with Gasteiger partial charge in [0.05, 0.1) is 18.1 Å². The second kappa shape index (κ2) is 14.2. The van der Waals surface area contributed by atoms with Gasteiger partial charge in [0.2, 0.25) is 0 Å². The van der Waals surface area contributed by atoms with E-state index in [9.17, 15) is 9.90 Å². The third kappa shape index (κ3) is 6.00. The van der Waals surface area contributed by atoms with Gasteiger partial charge in [0.15, 0.2) is 17.6 Å². The van der Waals surface area contributed by atoms with Gasteiger partial charge in [0.25, 0.3) is 0 Å². The Hall–Kier alpha value is -2.05. The second-order valence-corrected chi connectivity index (χ2v) is 13.5. The van der Waals surface area contributed by atoms with Gasteiger partial charge < -0.3 is 24.2 Å². The van der Waals surface area contributed by atoms with E-state index >= 15 is 0 Å². The number of piperidine rings is 1. The molecule has 0 amide bonds. The van der Waals surface area contributed by atoms with Crippen LogP contribution in [0.1, 0.15) is 134 Å². The molecule has 1 spiro atoms. The van der Waals surface area contributed by atoms with Crippen LogP contribution in [0.3, 0.4) is 0 Å². The predicted octanol–water partition coefficient (Wildman–Crippen LogP) is 7.78. The van der Waals surface area contributed by atoms with Gasteiger partial charge in [-0.15, -0.1) is 0 Å². The van der Waals surface area contributed by atoms with Crippen molar-refractivity contribution in [2.75, 3.05) is 20.7 Å². The Bertz CT molecular complexity index is 1100. The highest BCUT2D eigenvalue weighted by atomic mass is 16.6. The third-order valence-corrected chi connectivity index (χ3v) is 10.8. The number of aliphatic hydroxyl groups is 1. The van der Waals surface area contributed by atoms with Crippen molar-refractivity contribution in [3.8, 4) is 11.5 Å². The Kier molecular flexibility index (Phi) is 10.6. The number of likely N-dealkylation sites (tertiary alicyclic amines) is 1. The van der Waals surface area contributed by atoms with E-state index in [1.165, 1.54) is 89.0 Å². The number of benzene rings is 1. The minimum atomic E-state index is -0.973. The maximum Gasteiger partial charge on any atom is 0.310 e. The molecule has 2 bridgehead atoms. The zero-order valence-corrected chi connectivity index (χ0v) is 26.6. The number of methoxy groups -OCH3 is 1. The lowest BCUT2D eigenvalue weighted by molar-refractivity contribution is -0.169. The zero-order chi connectivity index (χ0) is 29.6. The number of carbonyl (C=O) groups is 1. The first-order valence-corrected chi connectivity index (χ1v) is 17.2. The number of carbonyl (C=O) groups excluding carboxylic acids is 1. The molecule has 1 aromatic rings. The van der Waals surface area contributed by atoms with Crippen molar-refractivity contribution in [3.63, 3.8) is 0 Å². The summed E-state index contributed by atoms with van der Waals surface area (Å²) in [5, 5.41) is 12.3. The lowest BCUT2D eigenvalue weighted by Gasteiger charge is -2.61. The van der Waals surface area contributed by atoms with Crippen molar-refractivity contribution >= 4 is 5.97 Å². The predicted molar refractivity (Wildman–Crippen MR) is 167 cm³/mol. The molecular formula is C36H55NO5. The maximum absolute atomic E-state index is 13.0. The Morgan fingerprint density at radius 1 is 0.976 bits per heavy atom. The molecule has 0 unspecified atom stereocenters. The average Bonchev–Trinajstić information content (AvgIpc) is 3.34. The van der Waals surface area contributed by atoms with Gasteiger partial charge in [0, 0.05) is 24.4 Å². The van der Waals surface area contributed by atoms with Gasteiger partial charge in [-0.25, -0.2) is 0 Å². The van der Waals surface area contributed by atoms with Crippen LogP contribution in [0.2, 0.25) is 0 Å². The van der Waals surface area contributed by atoms with E-state index in [2.05, 4.69) is 24.9 Å². The topological polar surface area (TPSA) is 68.2 Å².